The average molecular weight is 322 g/mol. The standard InChI is InChI=1S/C17H26BFP2/c1-8-17(10-14(18)15(19)13(17)3)11-16(4,5)21(7)12-20(6)9-2/h1,14H,6-7,9-12H2,2-5H3/q+2/t14-,17-/m1/s1. The summed E-state index contributed by atoms with van der Waals surface area (Å²) in [6.07, 6.45) is 16.8. The van der Waals surface area contributed by atoms with E-state index in [1.54, 1.807) is 6.92 Å². The first-order valence-electron chi connectivity index (χ1n) is 7.33. The first kappa shape index (κ1) is 18.7. The Labute approximate surface area is 133 Å². The molecule has 1 aliphatic carbocycles. The summed E-state index contributed by atoms with van der Waals surface area (Å²) in [7, 11) is 5.24. The van der Waals surface area contributed by atoms with Gasteiger partial charge in [0.15, 0.2) is 0 Å². The third kappa shape index (κ3) is 3.89. The van der Waals surface area contributed by atoms with Crippen LogP contribution in [0.25, 0.3) is 0 Å². The molecule has 1 aliphatic rings. The Hall–Kier alpha value is -0.365. The second kappa shape index (κ2) is 6.81. The zero-order valence-electron chi connectivity index (χ0n) is 13.7. The van der Waals surface area contributed by atoms with Crippen LogP contribution in [0, 0.1) is 17.8 Å². The van der Waals surface area contributed by atoms with Gasteiger partial charge in [0.1, 0.15) is 26.4 Å². The lowest BCUT2D eigenvalue weighted by Gasteiger charge is -2.31. The summed E-state index contributed by atoms with van der Waals surface area (Å²) < 4.78 is 14.1. The number of hydrogen-bond acceptors (Lipinski definition) is 0. The molecule has 0 saturated heterocycles. The second-order valence-corrected chi connectivity index (χ2v) is 12.1. The van der Waals surface area contributed by atoms with Crippen LogP contribution in [0.4, 0.5) is 4.39 Å². The lowest BCUT2D eigenvalue weighted by Crippen LogP contribution is -2.29. The normalized spacial score (nSPS) is 27.5. The van der Waals surface area contributed by atoms with Crippen molar-refractivity contribution in [1.82, 2.24) is 0 Å². The molecule has 112 valence electrons. The number of allylic oxidation sites excluding steroid dienone is 2. The molecule has 21 heavy (non-hydrogen) atoms. The van der Waals surface area contributed by atoms with Crippen molar-refractivity contribution in [2.45, 2.75) is 51.5 Å². The summed E-state index contributed by atoms with van der Waals surface area (Å²) in [5.41, 5.74) is 0.114. The molecule has 1 rings (SSSR count). The van der Waals surface area contributed by atoms with Gasteiger partial charge in [0.25, 0.3) is 5.90 Å². The van der Waals surface area contributed by atoms with Gasteiger partial charge >= 0.3 is 0 Å². The van der Waals surface area contributed by atoms with Crippen LogP contribution in [0.15, 0.2) is 11.4 Å². The molecule has 0 aromatic heterocycles. The molecule has 2 unspecified atom stereocenters. The van der Waals surface area contributed by atoms with Crippen molar-refractivity contribution in [1.29, 1.82) is 0 Å². The monoisotopic (exact) mass is 322 g/mol. The van der Waals surface area contributed by atoms with Crippen LogP contribution in [-0.4, -0.2) is 37.7 Å². The topological polar surface area (TPSA) is 0 Å². The van der Waals surface area contributed by atoms with Gasteiger partial charge in [0, 0.05) is 6.42 Å². The van der Waals surface area contributed by atoms with E-state index in [1.165, 1.54) is 0 Å². The quantitative estimate of drug-likeness (QED) is 0.359. The lowest BCUT2D eigenvalue weighted by atomic mass is 9.72. The molecule has 2 radical (unpaired) electrons. The predicted octanol–water partition coefficient (Wildman–Crippen LogP) is 5.18. The lowest BCUT2D eigenvalue weighted by molar-refractivity contribution is 0.388. The minimum atomic E-state index is -0.548. The summed E-state index contributed by atoms with van der Waals surface area (Å²) in [5.74, 6) is 3.18. The number of hydrogen-bond donors (Lipinski definition) is 0. The maximum atomic E-state index is 14.1. The average Bonchev–Trinajstić information content (AvgIpc) is 2.63. The van der Waals surface area contributed by atoms with Crippen molar-refractivity contribution in [3.05, 3.63) is 11.4 Å². The van der Waals surface area contributed by atoms with Crippen molar-refractivity contribution in [2.75, 3.05) is 12.1 Å². The molecular formula is C17H26BFP2+2. The molecule has 0 spiro atoms. The highest BCUT2D eigenvalue weighted by molar-refractivity contribution is 7.73. The zero-order valence-corrected chi connectivity index (χ0v) is 15.5. The highest BCUT2D eigenvalue weighted by atomic mass is 31.2. The molecule has 4 heteroatoms. The van der Waals surface area contributed by atoms with Gasteiger partial charge in [0.05, 0.1) is 31.7 Å². The van der Waals surface area contributed by atoms with Crippen molar-refractivity contribution >= 4 is 35.5 Å². The SMILES string of the molecule is [B][C@@H]1C[C@](C#C)(CC(C)(C)[P+](=C)C[P+](=C)CC)C(C)=C1F. The second-order valence-electron chi connectivity index (χ2n) is 6.67. The van der Waals surface area contributed by atoms with E-state index in [0.717, 1.165) is 18.5 Å². The highest BCUT2D eigenvalue weighted by Crippen LogP contribution is 2.57. The Morgan fingerprint density at radius 3 is 2.48 bits per heavy atom. The third-order valence-electron chi connectivity index (χ3n) is 4.65. The van der Waals surface area contributed by atoms with E-state index in [2.05, 4.69) is 39.3 Å². The van der Waals surface area contributed by atoms with Crippen LogP contribution in [0.3, 0.4) is 0 Å². The van der Waals surface area contributed by atoms with Crippen molar-refractivity contribution < 1.29 is 4.39 Å². The molecule has 0 saturated carbocycles. The van der Waals surface area contributed by atoms with Gasteiger partial charge in [0.2, 0.25) is 0 Å². The maximum Gasteiger partial charge on any atom is 0.252 e. The largest absolute Gasteiger partial charge is 0.252 e. The molecule has 0 nitrogen and oxygen atoms in total. The van der Waals surface area contributed by atoms with E-state index in [4.69, 9.17) is 14.3 Å². The van der Waals surface area contributed by atoms with Crippen LogP contribution >= 0.6 is 15.1 Å². The zero-order chi connectivity index (χ0) is 16.4. The fourth-order valence-electron chi connectivity index (χ4n) is 2.93. The van der Waals surface area contributed by atoms with E-state index >= 15 is 0 Å². The van der Waals surface area contributed by atoms with Crippen LogP contribution in [0.2, 0.25) is 5.82 Å². The van der Waals surface area contributed by atoms with Crippen LogP contribution in [0.1, 0.15) is 40.5 Å². The van der Waals surface area contributed by atoms with Crippen LogP contribution in [-0.2, 0) is 0 Å². The Balaban J connectivity index is 3.00. The maximum absolute atomic E-state index is 14.1. The van der Waals surface area contributed by atoms with E-state index in [0.29, 0.717) is 12.0 Å². The number of terminal acetylenes is 1. The van der Waals surface area contributed by atoms with Gasteiger partial charge < -0.3 is 0 Å². The fourth-order valence-corrected chi connectivity index (χ4v) is 7.69. The van der Waals surface area contributed by atoms with E-state index < -0.39 is 18.8 Å². The first-order valence-corrected chi connectivity index (χ1v) is 10.9. The smallest absolute Gasteiger partial charge is 0.212 e. The minimum absolute atomic E-state index is 0.000741. The molecule has 0 bridgehead atoms. The molecule has 0 aromatic rings. The molecule has 0 heterocycles. The van der Waals surface area contributed by atoms with E-state index in [1.807, 2.05) is 0 Å². The van der Waals surface area contributed by atoms with Gasteiger partial charge in [-0.25, -0.2) is 4.39 Å². The Bertz CT molecular complexity index is 527. The first-order chi connectivity index (χ1) is 9.59. The molecular weight excluding hydrogens is 296 g/mol. The van der Waals surface area contributed by atoms with Crippen molar-refractivity contribution in [3.8, 4) is 12.3 Å². The van der Waals surface area contributed by atoms with Crippen molar-refractivity contribution in [3.63, 3.8) is 0 Å². The summed E-state index contributed by atoms with van der Waals surface area (Å²) >= 11 is 0. The van der Waals surface area contributed by atoms with Gasteiger partial charge in [-0.05, 0) is 45.5 Å². The minimum Gasteiger partial charge on any atom is -0.212 e. The van der Waals surface area contributed by atoms with Crippen LogP contribution in [0.5, 0.6) is 0 Å². The summed E-state index contributed by atoms with van der Waals surface area (Å²) in [6, 6.07) is 0. The Morgan fingerprint density at radius 2 is 2.10 bits per heavy atom. The Morgan fingerprint density at radius 1 is 1.52 bits per heavy atom. The molecule has 0 fully saturated rings. The summed E-state index contributed by atoms with van der Waals surface area (Å²) in [4.78, 5) is 0. The molecule has 0 aromatic carbocycles. The summed E-state index contributed by atoms with van der Waals surface area (Å²) in [5, 5.41) is 0.000741. The molecule has 4 atom stereocenters. The molecule has 0 amide bonds. The van der Waals surface area contributed by atoms with Crippen LogP contribution < -0.4 is 0 Å². The van der Waals surface area contributed by atoms with Gasteiger partial charge in [-0.3, -0.25) is 0 Å². The van der Waals surface area contributed by atoms with E-state index in [-0.39, 0.29) is 18.5 Å². The highest BCUT2D eigenvalue weighted by Gasteiger charge is 2.49. The predicted molar refractivity (Wildman–Crippen MR) is 101 cm³/mol. The van der Waals surface area contributed by atoms with Gasteiger partial charge in [-0.15, -0.1) is 6.42 Å². The molecule has 0 N–H and O–H groups in total. The fraction of sp³-hybridized carbons (Fsp3) is 0.647. The number of rotatable bonds is 6. The third-order valence-corrected chi connectivity index (χ3v) is 10.4. The van der Waals surface area contributed by atoms with Crippen molar-refractivity contribution in [2.24, 2.45) is 5.41 Å². The van der Waals surface area contributed by atoms with E-state index in [9.17, 15) is 4.39 Å². The van der Waals surface area contributed by atoms with Gasteiger partial charge in [-0.2, -0.15) is 0 Å². The van der Waals surface area contributed by atoms with Gasteiger partial charge in [-0.1, -0.05) is 5.92 Å². The Kier molecular flexibility index (Phi) is 6.06. The summed E-state index contributed by atoms with van der Waals surface area (Å²) in [6.45, 7) is 8.39. The number of halogens is 1. The molecule has 0 aliphatic heterocycles.